The van der Waals surface area contributed by atoms with Crippen LogP contribution in [0.15, 0.2) is 11.4 Å². The third-order valence-corrected chi connectivity index (χ3v) is 2.11. The molecule has 0 fully saturated rings. The first-order chi connectivity index (χ1) is 5.13. The second-order valence-electron chi connectivity index (χ2n) is 2.90. The number of nitrogens with two attached hydrogens (primary N) is 1. The van der Waals surface area contributed by atoms with Crippen molar-refractivity contribution in [1.29, 1.82) is 0 Å². The van der Waals surface area contributed by atoms with Crippen LogP contribution < -0.4 is 5.73 Å². The molecule has 3 nitrogen and oxygen atoms in total. The summed E-state index contributed by atoms with van der Waals surface area (Å²) >= 11 is 0. The van der Waals surface area contributed by atoms with Crippen molar-refractivity contribution < 1.29 is 4.79 Å². The zero-order valence-corrected chi connectivity index (χ0v) is 7.05. The minimum atomic E-state index is 0.0600. The van der Waals surface area contributed by atoms with Crippen molar-refractivity contribution in [2.45, 2.75) is 26.2 Å². The van der Waals surface area contributed by atoms with E-state index in [4.69, 9.17) is 5.73 Å². The predicted octanol–water partition coefficient (Wildman–Crippen LogP) is 0.819. The quantitative estimate of drug-likeness (QED) is 0.607. The first kappa shape index (κ1) is 8.11. The third-order valence-electron chi connectivity index (χ3n) is 2.11. The summed E-state index contributed by atoms with van der Waals surface area (Å²) in [6, 6.07) is 0. The molecule has 1 aliphatic rings. The molecule has 0 saturated carbocycles. The van der Waals surface area contributed by atoms with Gasteiger partial charge in [-0.15, -0.1) is 0 Å². The molecule has 1 aliphatic carbocycles. The van der Waals surface area contributed by atoms with Crippen molar-refractivity contribution in [2.24, 2.45) is 5.73 Å². The fraction of sp³-hybridized carbons (Fsp3) is 0.625. The summed E-state index contributed by atoms with van der Waals surface area (Å²) < 4.78 is 0. The second kappa shape index (κ2) is 2.95. The maximum Gasteiger partial charge on any atom is 0.223 e. The first-order valence-corrected chi connectivity index (χ1v) is 3.84. The molecule has 1 amide bonds. The van der Waals surface area contributed by atoms with Gasteiger partial charge in [0.15, 0.2) is 0 Å². The summed E-state index contributed by atoms with van der Waals surface area (Å²) in [4.78, 5) is 12.6. The summed E-state index contributed by atoms with van der Waals surface area (Å²) in [7, 11) is 1.77. The van der Waals surface area contributed by atoms with E-state index in [1.165, 1.54) is 0 Å². The number of amides is 1. The molecule has 0 atom stereocenters. The SMILES string of the molecule is CC(=O)N(C)C1=C(N)CCC1. The van der Waals surface area contributed by atoms with Crippen LogP contribution in [0.1, 0.15) is 26.2 Å². The lowest BCUT2D eigenvalue weighted by Gasteiger charge is -2.16. The number of rotatable bonds is 1. The van der Waals surface area contributed by atoms with Crippen LogP contribution in [-0.2, 0) is 4.79 Å². The maximum absolute atomic E-state index is 10.9. The molecule has 0 aromatic carbocycles. The fourth-order valence-electron chi connectivity index (χ4n) is 1.32. The highest BCUT2D eigenvalue weighted by Crippen LogP contribution is 2.24. The van der Waals surface area contributed by atoms with Gasteiger partial charge in [-0.2, -0.15) is 0 Å². The average Bonchev–Trinajstić information content (AvgIpc) is 2.33. The Hall–Kier alpha value is -0.990. The minimum Gasteiger partial charge on any atom is -0.401 e. The van der Waals surface area contributed by atoms with E-state index in [9.17, 15) is 4.79 Å². The van der Waals surface area contributed by atoms with Crippen molar-refractivity contribution in [2.75, 3.05) is 7.05 Å². The summed E-state index contributed by atoms with van der Waals surface area (Å²) in [5.74, 6) is 0.0600. The molecule has 0 spiro atoms. The Morgan fingerprint density at radius 2 is 2.18 bits per heavy atom. The highest BCUT2D eigenvalue weighted by Gasteiger charge is 2.17. The Morgan fingerprint density at radius 1 is 1.55 bits per heavy atom. The number of carbonyl (C=O) groups excluding carboxylic acids is 1. The van der Waals surface area contributed by atoms with Crippen LogP contribution in [0.3, 0.4) is 0 Å². The monoisotopic (exact) mass is 154 g/mol. The molecule has 3 heteroatoms. The molecule has 2 N–H and O–H groups in total. The molecule has 0 aromatic heterocycles. The maximum atomic E-state index is 10.9. The molecule has 0 unspecified atom stereocenters. The molecule has 0 bridgehead atoms. The van der Waals surface area contributed by atoms with Gasteiger partial charge in [0, 0.05) is 25.4 Å². The Labute approximate surface area is 66.9 Å². The lowest BCUT2D eigenvalue weighted by Crippen LogP contribution is -2.24. The van der Waals surface area contributed by atoms with Gasteiger partial charge in [-0.05, 0) is 19.3 Å². The van der Waals surface area contributed by atoms with Crippen molar-refractivity contribution in [1.82, 2.24) is 4.90 Å². The lowest BCUT2D eigenvalue weighted by molar-refractivity contribution is -0.125. The predicted molar refractivity (Wildman–Crippen MR) is 43.5 cm³/mol. The number of allylic oxidation sites excluding steroid dienone is 2. The van der Waals surface area contributed by atoms with Gasteiger partial charge in [0.1, 0.15) is 0 Å². The molecule has 0 aromatic rings. The van der Waals surface area contributed by atoms with Crippen LogP contribution in [0.4, 0.5) is 0 Å². The van der Waals surface area contributed by atoms with Crippen LogP contribution in [0, 0.1) is 0 Å². The highest BCUT2D eigenvalue weighted by molar-refractivity contribution is 5.75. The number of hydrogen-bond acceptors (Lipinski definition) is 2. The normalized spacial score (nSPS) is 17.3. The first-order valence-electron chi connectivity index (χ1n) is 3.84. The summed E-state index contributed by atoms with van der Waals surface area (Å²) in [6.45, 7) is 1.55. The van der Waals surface area contributed by atoms with Crippen molar-refractivity contribution in [3.8, 4) is 0 Å². The van der Waals surface area contributed by atoms with Crippen molar-refractivity contribution in [3.05, 3.63) is 11.4 Å². The van der Waals surface area contributed by atoms with E-state index < -0.39 is 0 Å². The topological polar surface area (TPSA) is 46.3 Å². The van der Waals surface area contributed by atoms with Crippen LogP contribution in [0.2, 0.25) is 0 Å². The van der Waals surface area contributed by atoms with Gasteiger partial charge in [-0.25, -0.2) is 0 Å². The van der Waals surface area contributed by atoms with Gasteiger partial charge in [0.2, 0.25) is 5.91 Å². The molecular formula is C8H14N2O. The summed E-state index contributed by atoms with van der Waals surface area (Å²) in [5.41, 5.74) is 7.59. The average molecular weight is 154 g/mol. The van der Waals surface area contributed by atoms with Gasteiger partial charge in [0.25, 0.3) is 0 Å². The molecule has 1 rings (SSSR count). The van der Waals surface area contributed by atoms with Gasteiger partial charge in [-0.3, -0.25) is 4.79 Å². The molecule has 0 radical (unpaired) electrons. The van der Waals surface area contributed by atoms with E-state index in [0.717, 1.165) is 30.7 Å². The Balaban J connectivity index is 2.73. The van der Waals surface area contributed by atoms with Crippen LogP contribution >= 0.6 is 0 Å². The van der Waals surface area contributed by atoms with E-state index in [-0.39, 0.29) is 5.91 Å². The number of hydrogen-bond donors (Lipinski definition) is 1. The van der Waals surface area contributed by atoms with Crippen LogP contribution in [0.25, 0.3) is 0 Å². The van der Waals surface area contributed by atoms with Gasteiger partial charge in [-0.1, -0.05) is 0 Å². The van der Waals surface area contributed by atoms with Gasteiger partial charge < -0.3 is 10.6 Å². The number of nitrogens with zero attached hydrogens (tertiary/aromatic N) is 1. The molecular weight excluding hydrogens is 140 g/mol. The zero-order valence-electron chi connectivity index (χ0n) is 7.05. The Morgan fingerprint density at radius 3 is 2.55 bits per heavy atom. The van der Waals surface area contributed by atoms with Crippen molar-refractivity contribution >= 4 is 5.91 Å². The number of carbonyl (C=O) groups is 1. The summed E-state index contributed by atoms with van der Waals surface area (Å²) in [5, 5.41) is 0. The van der Waals surface area contributed by atoms with Crippen molar-refractivity contribution in [3.63, 3.8) is 0 Å². The molecule has 62 valence electrons. The Kier molecular flexibility index (Phi) is 2.17. The Bertz CT molecular complexity index is 208. The van der Waals surface area contributed by atoms with E-state index in [0.29, 0.717) is 0 Å². The summed E-state index contributed by atoms with van der Waals surface area (Å²) in [6.07, 6.45) is 2.97. The van der Waals surface area contributed by atoms with E-state index in [1.54, 1.807) is 18.9 Å². The molecule has 0 heterocycles. The molecule has 0 saturated heterocycles. The lowest BCUT2D eigenvalue weighted by atomic mass is 10.3. The van der Waals surface area contributed by atoms with Crippen LogP contribution in [0.5, 0.6) is 0 Å². The largest absolute Gasteiger partial charge is 0.401 e. The van der Waals surface area contributed by atoms with E-state index in [1.807, 2.05) is 0 Å². The standard InChI is InChI=1S/C8H14N2O/c1-6(11)10(2)8-5-3-4-7(8)9/h3-5,9H2,1-2H3. The molecule has 11 heavy (non-hydrogen) atoms. The highest BCUT2D eigenvalue weighted by atomic mass is 16.2. The zero-order chi connectivity index (χ0) is 8.43. The fourth-order valence-corrected chi connectivity index (χ4v) is 1.32. The van der Waals surface area contributed by atoms with E-state index >= 15 is 0 Å². The smallest absolute Gasteiger partial charge is 0.223 e. The van der Waals surface area contributed by atoms with Gasteiger partial charge in [0.05, 0.1) is 0 Å². The van der Waals surface area contributed by atoms with Crippen LogP contribution in [-0.4, -0.2) is 17.9 Å². The van der Waals surface area contributed by atoms with E-state index in [2.05, 4.69) is 0 Å². The van der Waals surface area contributed by atoms with Gasteiger partial charge >= 0.3 is 0 Å². The third kappa shape index (κ3) is 1.53. The minimum absolute atomic E-state index is 0.0600. The second-order valence-corrected chi connectivity index (χ2v) is 2.90. The molecule has 0 aliphatic heterocycles.